The Hall–Kier alpha value is -3.86. The predicted molar refractivity (Wildman–Crippen MR) is 94.6 cm³/mol. The Morgan fingerprint density at radius 1 is 1.32 bits per heavy atom. The molecule has 126 valence electrons. The van der Waals surface area contributed by atoms with Gasteiger partial charge in [0.1, 0.15) is 11.6 Å². The van der Waals surface area contributed by atoms with Gasteiger partial charge in [0.25, 0.3) is 11.6 Å². The maximum atomic E-state index is 12.2. The number of anilines is 3. The number of carbonyl (C=O) groups excluding carboxylic acids is 1. The van der Waals surface area contributed by atoms with Crippen molar-refractivity contribution < 1.29 is 9.72 Å². The van der Waals surface area contributed by atoms with Gasteiger partial charge in [0.2, 0.25) is 0 Å². The molecular weight excluding hydrogens is 322 g/mol. The van der Waals surface area contributed by atoms with Crippen LogP contribution in [0.2, 0.25) is 0 Å². The van der Waals surface area contributed by atoms with E-state index in [-0.39, 0.29) is 16.9 Å². The zero-order valence-corrected chi connectivity index (χ0v) is 13.3. The lowest BCUT2D eigenvalue weighted by molar-refractivity contribution is -0.384. The SMILES string of the molecule is Cc1ccc(N)c(N/C=C(/C#N)C(=O)Nc2cccc([N+](=O)[O-])c2)c1. The first-order chi connectivity index (χ1) is 11.9. The van der Waals surface area contributed by atoms with Gasteiger partial charge in [-0.15, -0.1) is 0 Å². The summed E-state index contributed by atoms with van der Waals surface area (Å²) in [6, 6.07) is 12.5. The molecule has 0 heterocycles. The Morgan fingerprint density at radius 3 is 2.76 bits per heavy atom. The van der Waals surface area contributed by atoms with E-state index in [0.29, 0.717) is 11.4 Å². The molecule has 2 rings (SSSR count). The highest BCUT2D eigenvalue weighted by atomic mass is 16.6. The van der Waals surface area contributed by atoms with Gasteiger partial charge < -0.3 is 16.4 Å². The summed E-state index contributed by atoms with van der Waals surface area (Å²) in [5, 5.41) is 25.2. The zero-order valence-electron chi connectivity index (χ0n) is 13.3. The third-order valence-electron chi connectivity index (χ3n) is 3.26. The molecule has 8 nitrogen and oxygen atoms in total. The van der Waals surface area contributed by atoms with Gasteiger partial charge in [0.05, 0.1) is 16.3 Å². The lowest BCUT2D eigenvalue weighted by Crippen LogP contribution is -2.14. The number of carbonyl (C=O) groups is 1. The first kappa shape index (κ1) is 17.5. The molecule has 0 aliphatic rings. The molecule has 25 heavy (non-hydrogen) atoms. The number of hydrogen-bond donors (Lipinski definition) is 3. The number of nitro benzene ring substituents is 1. The van der Waals surface area contributed by atoms with Gasteiger partial charge in [-0.05, 0) is 30.7 Å². The van der Waals surface area contributed by atoms with Crippen LogP contribution >= 0.6 is 0 Å². The minimum Gasteiger partial charge on any atom is -0.397 e. The number of benzene rings is 2. The number of rotatable bonds is 5. The molecule has 0 aromatic heterocycles. The highest BCUT2D eigenvalue weighted by Gasteiger charge is 2.12. The number of nitriles is 1. The molecule has 0 atom stereocenters. The van der Waals surface area contributed by atoms with Crippen LogP contribution in [0.1, 0.15) is 5.56 Å². The molecule has 0 aliphatic heterocycles. The number of nitro groups is 1. The van der Waals surface area contributed by atoms with Crippen LogP contribution < -0.4 is 16.4 Å². The van der Waals surface area contributed by atoms with Crippen LogP contribution in [0.5, 0.6) is 0 Å². The van der Waals surface area contributed by atoms with Crippen LogP contribution in [0.4, 0.5) is 22.7 Å². The van der Waals surface area contributed by atoms with E-state index in [1.807, 2.05) is 13.0 Å². The molecule has 2 aromatic carbocycles. The summed E-state index contributed by atoms with van der Waals surface area (Å²) in [5.74, 6) is -0.693. The van der Waals surface area contributed by atoms with Crippen molar-refractivity contribution in [2.45, 2.75) is 6.92 Å². The zero-order chi connectivity index (χ0) is 18.4. The third-order valence-corrected chi connectivity index (χ3v) is 3.26. The van der Waals surface area contributed by atoms with Crippen molar-refractivity contribution in [1.29, 1.82) is 5.26 Å². The number of non-ortho nitro benzene ring substituents is 1. The second-order valence-corrected chi connectivity index (χ2v) is 5.17. The van der Waals surface area contributed by atoms with Crippen LogP contribution in [-0.4, -0.2) is 10.8 Å². The largest absolute Gasteiger partial charge is 0.397 e. The minimum absolute atomic E-state index is 0.161. The number of aryl methyl sites for hydroxylation is 1. The molecule has 0 unspecified atom stereocenters. The molecule has 0 bridgehead atoms. The van der Waals surface area contributed by atoms with E-state index in [1.165, 1.54) is 30.5 Å². The fraction of sp³-hybridized carbons (Fsp3) is 0.0588. The average molecular weight is 337 g/mol. The van der Waals surface area contributed by atoms with Gasteiger partial charge in [0, 0.05) is 24.0 Å². The molecule has 0 fully saturated rings. The van der Waals surface area contributed by atoms with E-state index in [4.69, 9.17) is 11.0 Å². The normalized spacial score (nSPS) is 10.6. The van der Waals surface area contributed by atoms with Gasteiger partial charge in [-0.3, -0.25) is 14.9 Å². The van der Waals surface area contributed by atoms with Crippen LogP contribution in [0.3, 0.4) is 0 Å². The number of nitrogens with one attached hydrogen (secondary N) is 2. The lowest BCUT2D eigenvalue weighted by atomic mass is 10.2. The average Bonchev–Trinajstić information content (AvgIpc) is 2.58. The van der Waals surface area contributed by atoms with Crippen molar-refractivity contribution in [3.05, 3.63) is 69.9 Å². The summed E-state index contributed by atoms with van der Waals surface area (Å²) < 4.78 is 0. The smallest absolute Gasteiger partial charge is 0.271 e. The van der Waals surface area contributed by atoms with E-state index in [9.17, 15) is 14.9 Å². The lowest BCUT2D eigenvalue weighted by Gasteiger charge is -2.08. The van der Waals surface area contributed by atoms with E-state index < -0.39 is 10.8 Å². The molecular formula is C17H15N5O3. The van der Waals surface area contributed by atoms with Crippen LogP contribution in [0.25, 0.3) is 0 Å². The fourth-order valence-electron chi connectivity index (χ4n) is 1.99. The molecule has 0 spiro atoms. The topological polar surface area (TPSA) is 134 Å². The summed E-state index contributed by atoms with van der Waals surface area (Å²) in [4.78, 5) is 22.3. The van der Waals surface area contributed by atoms with Crippen molar-refractivity contribution in [1.82, 2.24) is 0 Å². The molecule has 4 N–H and O–H groups in total. The van der Waals surface area contributed by atoms with Gasteiger partial charge in [-0.25, -0.2) is 0 Å². The van der Waals surface area contributed by atoms with Crippen molar-refractivity contribution in [2.75, 3.05) is 16.4 Å². The van der Waals surface area contributed by atoms with Crippen molar-refractivity contribution in [3.63, 3.8) is 0 Å². The summed E-state index contributed by atoms with van der Waals surface area (Å²) in [6.45, 7) is 1.88. The first-order valence-electron chi connectivity index (χ1n) is 7.19. The summed E-state index contributed by atoms with van der Waals surface area (Å²) in [5.41, 5.74) is 7.68. The van der Waals surface area contributed by atoms with Crippen LogP contribution in [0, 0.1) is 28.4 Å². The van der Waals surface area contributed by atoms with Gasteiger partial charge in [0.15, 0.2) is 0 Å². The summed E-state index contributed by atoms with van der Waals surface area (Å²) in [6.07, 6.45) is 1.23. The molecule has 1 amide bonds. The Balaban J connectivity index is 2.15. The predicted octanol–water partition coefficient (Wildman–Crippen LogP) is 2.94. The number of nitrogens with two attached hydrogens (primary N) is 1. The second kappa shape index (κ2) is 7.61. The van der Waals surface area contributed by atoms with Gasteiger partial charge >= 0.3 is 0 Å². The van der Waals surface area contributed by atoms with E-state index >= 15 is 0 Å². The van der Waals surface area contributed by atoms with Crippen LogP contribution in [-0.2, 0) is 4.79 Å². The Morgan fingerprint density at radius 2 is 2.08 bits per heavy atom. The van der Waals surface area contributed by atoms with Crippen LogP contribution in [0.15, 0.2) is 54.2 Å². The molecule has 0 saturated heterocycles. The maximum Gasteiger partial charge on any atom is 0.271 e. The molecule has 8 heteroatoms. The molecule has 2 aromatic rings. The molecule has 0 radical (unpaired) electrons. The van der Waals surface area contributed by atoms with Crippen molar-refractivity contribution in [2.24, 2.45) is 0 Å². The van der Waals surface area contributed by atoms with E-state index in [2.05, 4.69) is 10.6 Å². The Labute approximate surface area is 143 Å². The van der Waals surface area contributed by atoms with E-state index in [0.717, 1.165) is 5.56 Å². The van der Waals surface area contributed by atoms with Crippen molar-refractivity contribution >= 4 is 28.7 Å². The number of nitrogen functional groups attached to an aromatic ring is 1. The minimum atomic E-state index is -0.693. The molecule has 0 aliphatic carbocycles. The van der Waals surface area contributed by atoms with Gasteiger partial charge in [-0.1, -0.05) is 12.1 Å². The third kappa shape index (κ3) is 4.56. The molecule has 0 saturated carbocycles. The van der Waals surface area contributed by atoms with Gasteiger partial charge in [-0.2, -0.15) is 5.26 Å². The highest BCUT2D eigenvalue weighted by Crippen LogP contribution is 2.20. The number of amides is 1. The Kier molecular flexibility index (Phi) is 5.32. The van der Waals surface area contributed by atoms with E-state index in [1.54, 1.807) is 18.2 Å². The second-order valence-electron chi connectivity index (χ2n) is 5.17. The Bertz CT molecular complexity index is 899. The standard InChI is InChI=1S/C17H15N5O3/c1-11-5-6-15(19)16(7-11)20-10-12(9-18)17(23)21-13-3-2-4-14(8-13)22(24)25/h2-8,10,20H,19H2,1H3,(H,21,23)/b12-10-. The highest BCUT2D eigenvalue weighted by molar-refractivity contribution is 6.06. The quantitative estimate of drug-likeness (QED) is 0.252. The number of hydrogen-bond acceptors (Lipinski definition) is 6. The maximum absolute atomic E-state index is 12.2. The summed E-state index contributed by atoms with van der Waals surface area (Å²) in [7, 11) is 0. The first-order valence-corrected chi connectivity index (χ1v) is 7.19. The monoisotopic (exact) mass is 337 g/mol. The number of nitrogens with zero attached hydrogens (tertiary/aromatic N) is 2. The fourth-order valence-corrected chi connectivity index (χ4v) is 1.99. The van der Waals surface area contributed by atoms with Crippen molar-refractivity contribution in [3.8, 4) is 6.07 Å². The summed E-state index contributed by atoms with van der Waals surface area (Å²) >= 11 is 0.